The van der Waals surface area contributed by atoms with Crippen molar-refractivity contribution in [2.75, 3.05) is 12.8 Å². The number of ether oxygens (including phenoxy) is 2. The van der Waals surface area contributed by atoms with Crippen LogP contribution in [-0.4, -0.2) is 13.1 Å². The Kier molecular flexibility index (Phi) is 4.80. The molecule has 0 amide bonds. The number of methoxy groups -OCH3 is 1. The molecule has 2 rings (SSSR count). The van der Waals surface area contributed by atoms with Gasteiger partial charge in [-0.15, -0.1) is 0 Å². The number of rotatable bonds is 4. The molecule has 0 aliphatic heterocycles. The number of carbonyl (C=O) groups is 1. The van der Waals surface area contributed by atoms with E-state index in [1.165, 1.54) is 13.2 Å². The van der Waals surface area contributed by atoms with E-state index in [0.717, 1.165) is 0 Å². The summed E-state index contributed by atoms with van der Waals surface area (Å²) in [6.45, 7) is -0.0604. The first-order chi connectivity index (χ1) is 10.0. The highest BCUT2D eigenvalue weighted by Crippen LogP contribution is 2.27. The van der Waals surface area contributed by atoms with Gasteiger partial charge in [-0.3, -0.25) is 0 Å². The van der Waals surface area contributed by atoms with Crippen molar-refractivity contribution in [2.45, 2.75) is 6.61 Å². The Morgan fingerprint density at radius 2 is 2.00 bits per heavy atom. The van der Waals surface area contributed by atoms with E-state index in [1.807, 2.05) is 0 Å². The standard InChI is InChI=1S/C15H13BrFNO3/c1-20-14-10(5-3-7-12(14)18)15(19)21-8-9-4-2-6-11(17)13(9)16/h2-7H,8,18H2,1H3. The molecule has 0 saturated heterocycles. The van der Waals surface area contributed by atoms with Gasteiger partial charge < -0.3 is 15.2 Å². The number of para-hydroxylation sites is 1. The maximum Gasteiger partial charge on any atom is 0.342 e. The first-order valence-electron chi connectivity index (χ1n) is 6.07. The number of esters is 1. The van der Waals surface area contributed by atoms with Crippen LogP contribution in [0.2, 0.25) is 0 Å². The fourth-order valence-corrected chi connectivity index (χ4v) is 2.20. The third-order valence-corrected chi connectivity index (χ3v) is 3.75. The van der Waals surface area contributed by atoms with Crippen LogP contribution in [0.5, 0.6) is 5.75 Å². The van der Waals surface area contributed by atoms with Crippen LogP contribution in [0, 0.1) is 5.82 Å². The van der Waals surface area contributed by atoms with Crippen molar-refractivity contribution in [3.8, 4) is 5.75 Å². The van der Waals surface area contributed by atoms with Gasteiger partial charge in [0.1, 0.15) is 18.0 Å². The molecule has 0 heterocycles. The van der Waals surface area contributed by atoms with Gasteiger partial charge in [-0.2, -0.15) is 0 Å². The molecule has 2 aromatic rings. The highest BCUT2D eigenvalue weighted by Gasteiger charge is 2.16. The molecule has 2 N–H and O–H groups in total. The molecule has 0 radical (unpaired) electrons. The van der Waals surface area contributed by atoms with Crippen LogP contribution in [0.3, 0.4) is 0 Å². The molecule has 0 aliphatic carbocycles. The third kappa shape index (κ3) is 3.33. The Hall–Kier alpha value is -2.08. The molecular formula is C15H13BrFNO3. The van der Waals surface area contributed by atoms with Gasteiger partial charge in [0.25, 0.3) is 0 Å². The second-order valence-electron chi connectivity index (χ2n) is 4.22. The quantitative estimate of drug-likeness (QED) is 0.674. The Morgan fingerprint density at radius 1 is 1.29 bits per heavy atom. The fourth-order valence-electron chi connectivity index (χ4n) is 1.82. The lowest BCUT2D eigenvalue weighted by molar-refractivity contribution is 0.0468. The number of hydrogen-bond donors (Lipinski definition) is 1. The molecule has 0 unspecified atom stereocenters. The molecule has 2 aromatic carbocycles. The predicted molar refractivity (Wildman–Crippen MR) is 80.6 cm³/mol. The van der Waals surface area contributed by atoms with E-state index in [4.69, 9.17) is 15.2 Å². The van der Waals surface area contributed by atoms with Crippen LogP contribution >= 0.6 is 15.9 Å². The Labute approximate surface area is 129 Å². The topological polar surface area (TPSA) is 61.5 Å². The van der Waals surface area contributed by atoms with E-state index in [-0.39, 0.29) is 22.4 Å². The second-order valence-corrected chi connectivity index (χ2v) is 5.01. The molecule has 0 atom stereocenters. The molecule has 0 fully saturated rings. The van der Waals surface area contributed by atoms with Crippen LogP contribution in [0.1, 0.15) is 15.9 Å². The van der Waals surface area contributed by atoms with Crippen LogP contribution < -0.4 is 10.5 Å². The summed E-state index contributed by atoms with van der Waals surface area (Å²) in [6.07, 6.45) is 0. The molecule has 4 nitrogen and oxygen atoms in total. The summed E-state index contributed by atoms with van der Waals surface area (Å²) in [7, 11) is 1.42. The first kappa shape index (κ1) is 15.3. The number of carbonyl (C=O) groups excluding carboxylic acids is 1. The number of nitrogen functional groups attached to an aromatic ring is 1. The SMILES string of the molecule is COc1c(N)cccc1C(=O)OCc1cccc(F)c1Br. The van der Waals surface area contributed by atoms with E-state index < -0.39 is 11.8 Å². The van der Waals surface area contributed by atoms with Gasteiger partial charge in [-0.25, -0.2) is 9.18 Å². The Bertz CT molecular complexity index is 676. The highest BCUT2D eigenvalue weighted by molar-refractivity contribution is 9.10. The van der Waals surface area contributed by atoms with Crippen LogP contribution in [-0.2, 0) is 11.3 Å². The maximum atomic E-state index is 13.4. The van der Waals surface area contributed by atoms with Gasteiger partial charge in [0.05, 0.1) is 17.3 Å². The van der Waals surface area contributed by atoms with Crippen molar-refractivity contribution < 1.29 is 18.7 Å². The molecule has 0 bridgehead atoms. The fraction of sp³-hybridized carbons (Fsp3) is 0.133. The summed E-state index contributed by atoms with van der Waals surface area (Å²) in [5, 5.41) is 0. The molecule has 0 aliphatic rings. The molecule has 6 heteroatoms. The summed E-state index contributed by atoms with van der Waals surface area (Å²) >= 11 is 3.12. The smallest absolute Gasteiger partial charge is 0.342 e. The van der Waals surface area contributed by atoms with E-state index >= 15 is 0 Å². The predicted octanol–water partition coefficient (Wildman–Crippen LogP) is 3.54. The van der Waals surface area contributed by atoms with Crippen molar-refractivity contribution >= 4 is 27.6 Å². The van der Waals surface area contributed by atoms with E-state index in [2.05, 4.69) is 15.9 Å². The molecule has 0 spiro atoms. The summed E-state index contributed by atoms with van der Waals surface area (Å²) in [6, 6.07) is 9.33. The largest absolute Gasteiger partial charge is 0.494 e. The van der Waals surface area contributed by atoms with Gasteiger partial charge in [0, 0.05) is 5.56 Å². The second kappa shape index (κ2) is 6.58. The molecular weight excluding hydrogens is 341 g/mol. The number of anilines is 1. The third-order valence-electron chi connectivity index (χ3n) is 2.86. The van der Waals surface area contributed by atoms with Crippen LogP contribution in [0.4, 0.5) is 10.1 Å². The normalized spacial score (nSPS) is 10.2. The number of benzene rings is 2. The minimum atomic E-state index is -0.588. The lowest BCUT2D eigenvalue weighted by Crippen LogP contribution is -2.09. The monoisotopic (exact) mass is 353 g/mol. The molecule has 21 heavy (non-hydrogen) atoms. The molecule has 0 aromatic heterocycles. The van der Waals surface area contributed by atoms with E-state index in [1.54, 1.807) is 30.3 Å². The summed E-state index contributed by atoms with van der Waals surface area (Å²) in [4.78, 5) is 12.1. The minimum absolute atomic E-state index is 0.0604. The van der Waals surface area contributed by atoms with Gasteiger partial charge >= 0.3 is 5.97 Å². The first-order valence-corrected chi connectivity index (χ1v) is 6.86. The number of nitrogens with two attached hydrogens (primary N) is 1. The summed E-state index contributed by atoms with van der Waals surface area (Å²) < 4.78 is 23.9. The highest BCUT2D eigenvalue weighted by atomic mass is 79.9. The van der Waals surface area contributed by atoms with Gasteiger partial charge in [-0.05, 0) is 34.1 Å². The lowest BCUT2D eigenvalue weighted by atomic mass is 10.1. The van der Waals surface area contributed by atoms with Gasteiger partial charge in [0.2, 0.25) is 0 Å². The zero-order valence-corrected chi connectivity index (χ0v) is 12.8. The van der Waals surface area contributed by atoms with E-state index in [9.17, 15) is 9.18 Å². The van der Waals surface area contributed by atoms with Crippen LogP contribution in [0.15, 0.2) is 40.9 Å². The summed E-state index contributed by atoms with van der Waals surface area (Å²) in [5.74, 6) is -0.735. The zero-order valence-electron chi connectivity index (χ0n) is 11.2. The molecule has 0 saturated carbocycles. The van der Waals surface area contributed by atoms with Gasteiger partial charge in [0.15, 0.2) is 5.75 Å². The Morgan fingerprint density at radius 3 is 2.71 bits per heavy atom. The van der Waals surface area contributed by atoms with Crippen LogP contribution in [0.25, 0.3) is 0 Å². The van der Waals surface area contributed by atoms with E-state index in [0.29, 0.717) is 11.3 Å². The van der Waals surface area contributed by atoms with Gasteiger partial charge in [-0.1, -0.05) is 18.2 Å². The zero-order chi connectivity index (χ0) is 15.4. The van der Waals surface area contributed by atoms with Crippen molar-refractivity contribution in [3.63, 3.8) is 0 Å². The maximum absolute atomic E-state index is 13.4. The summed E-state index contributed by atoms with van der Waals surface area (Å²) in [5.41, 5.74) is 6.84. The van der Waals surface area contributed by atoms with Crippen molar-refractivity contribution in [1.82, 2.24) is 0 Å². The minimum Gasteiger partial charge on any atom is -0.494 e. The number of hydrogen-bond acceptors (Lipinski definition) is 4. The average molecular weight is 354 g/mol. The van der Waals surface area contributed by atoms with Crippen molar-refractivity contribution in [1.29, 1.82) is 0 Å². The van der Waals surface area contributed by atoms with Crippen molar-refractivity contribution in [2.24, 2.45) is 0 Å². The lowest BCUT2D eigenvalue weighted by Gasteiger charge is -2.11. The molecule has 110 valence electrons. The van der Waals surface area contributed by atoms with Crippen molar-refractivity contribution in [3.05, 3.63) is 57.8 Å². The Balaban J connectivity index is 2.16. The number of halogens is 2. The average Bonchev–Trinajstić information content (AvgIpc) is 2.48.